The largest absolute Gasteiger partial charge is 0.373 e. The second-order valence-electron chi connectivity index (χ2n) is 6.50. The smallest absolute Gasteiger partial charge is 0.320 e. The minimum atomic E-state index is -0.195. The van der Waals surface area contributed by atoms with Crippen molar-refractivity contribution in [2.45, 2.75) is 18.9 Å². The lowest BCUT2D eigenvalue weighted by Crippen LogP contribution is -2.47. The molecule has 3 N–H and O–H groups in total. The van der Waals surface area contributed by atoms with E-state index >= 15 is 0 Å². The first-order valence-corrected chi connectivity index (χ1v) is 9.77. The van der Waals surface area contributed by atoms with Crippen molar-refractivity contribution in [2.75, 3.05) is 31.6 Å². The highest BCUT2D eigenvalue weighted by Crippen LogP contribution is 2.28. The van der Waals surface area contributed by atoms with E-state index in [4.69, 9.17) is 4.74 Å². The van der Waals surface area contributed by atoms with Crippen molar-refractivity contribution >= 4 is 28.8 Å². The van der Waals surface area contributed by atoms with Crippen molar-refractivity contribution in [1.82, 2.24) is 15.6 Å². The minimum Gasteiger partial charge on any atom is -0.373 e. The molecule has 0 spiro atoms. The van der Waals surface area contributed by atoms with Gasteiger partial charge in [-0.2, -0.15) is 0 Å². The fourth-order valence-electron chi connectivity index (χ4n) is 3.19. The van der Waals surface area contributed by atoms with E-state index < -0.39 is 0 Å². The van der Waals surface area contributed by atoms with Crippen LogP contribution in [-0.2, 0) is 4.74 Å². The van der Waals surface area contributed by atoms with Gasteiger partial charge in [-0.15, -0.1) is 11.3 Å². The number of amides is 2. The van der Waals surface area contributed by atoms with Crippen molar-refractivity contribution in [1.29, 1.82) is 0 Å². The lowest BCUT2D eigenvalue weighted by Gasteiger charge is -2.23. The van der Waals surface area contributed by atoms with Crippen LogP contribution in [0.3, 0.4) is 0 Å². The van der Waals surface area contributed by atoms with Crippen LogP contribution in [0.15, 0.2) is 35.7 Å². The number of benzene rings is 1. The molecule has 0 bridgehead atoms. The number of rotatable bonds is 4. The molecule has 1 fully saturated rings. The summed E-state index contributed by atoms with van der Waals surface area (Å²) in [6, 6.07) is 8.29. The van der Waals surface area contributed by atoms with Crippen LogP contribution in [0.4, 0.5) is 10.6 Å². The molecule has 2 aliphatic heterocycles. The first-order valence-electron chi connectivity index (χ1n) is 8.89. The standard InChI is InChI=1S/C19H22N4O2S/c24-19(21-16-2-1-8-20-10-16)23-17-12-26-18(22-17)14-5-3-13(4-6-14)15-7-9-25-11-15/h3-7,12,16,20H,1-2,8-11H2,(H2,21,23,24). The maximum atomic E-state index is 12.1. The molecule has 6 nitrogen and oxygen atoms in total. The quantitative estimate of drug-likeness (QED) is 0.773. The normalized spacial score (nSPS) is 19.8. The van der Waals surface area contributed by atoms with Crippen LogP contribution in [0.25, 0.3) is 16.1 Å². The summed E-state index contributed by atoms with van der Waals surface area (Å²) in [4.78, 5) is 16.6. The summed E-state index contributed by atoms with van der Waals surface area (Å²) in [6.45, 7) is 3.22. The molecule has 1 atom stereocenters. The van der Waals surface area contributed by atoms with E-state index in [1.807, 2.05) is 5.38 Å². The van der Waals surface area contributed by atoms with E-state index in [9.17, 15) is 4.79 Å². The van der Waals surface area contributed by atoms with E-state index in [2.05, 4.69) is 51.3 Å². The van der Waals surface area contributed by atoms with Crippen molar-refractivity contribution in [3.05, 3.63) is 41.3 Å². The number of piperidine rings is 1. The zero-order valence-corrected chi connectivity index (χ0v) is 15.3. The van der Waals surface area contributed by atoms with Gasteiger partial charge in [-0.05, 0) is 30.5 Å². The predicted molar refractivity (Wildman–Crippen MR) is 104 cm³/mol. The molecule has 1 unspecified atom stereocenters. The van der Waals surface area contributed by atoms with Crippen LogP contribution < -0.4 is 16.0 Å². The zero-order chi connectivity index (χ0) is 17.8. The van der Waals surface area contributed by atoms with Crippen LogP contribution in [0.5, 0.6) is 0 Å². The molecule has 0 aliphatic carbocycles. The monoisotopic (exact) mass is 370 g/mol. The van der Waals surface area contributed by atoms with Crippen molar-refractivity contribution in [2.24, 2.45) is 0 Å². The van der Waals surface area contributed by atoms with E-state index in [0.717, 1.165) is 36.5 Å². The molecular formula is C19H22N4O2S. The topological polar surface area (TPSA) is 75.3 Å². The van der Waals surface area contributed by atoms with Gasteiger partial charge in [0.05, 0.1) is 13.2 Å². The summed E-state index contributed by atoms with van der Waals surface area (Å²) < 4.78 is 5.37. The van der Waals surface area contributed by atoms with Gasteiger partial charge in [-0.3, -0.25) is 5.32 Å². The van der Waals surface area contributed by atoms with Gasteiger partial charge in [0.15, 0.2) is 0 Å². The Morgan fingerprint density at radius 1 is 1.27 bits per heavy atom. The van der Waals surface area contributed by atoms with Crippen LogP contribution in [-0.4, -0.2) is 43.4 Å². The second kappa shape index (κ2) is 7.99. The molecule has 2 aromatic rings. The van der Waals surface area contributed by atoms with Gasteiger partial charge < -0.3 is 15.4 Å². The van der Waals surface area contributed by atoms with E-state index in [1.54, 1.807) is 0 Å². The molecule has 4 rings (SSSR count). The van der Waals surface area contributed by atoms with E-state index in [0.29, 0.717) is 19.0 Å². The van der Waals surface area contributed by atoms with Gasteiger partial charge in [-0.1, -0.05) is 30.3 Å². The SMILES string of the molecule is O=C(Nc1csc(-c2ccc(C3=CCOC3)cc2)n1)NC1CCCNC1. The van der Waals surface area contributed by atoms with Gasteiger partial charge >= 0.3 is 6.03 Å². The average Bonchev–Trinajstić information content (AvgIpc) is 3.35. The Kier molecular flexibility index (Phi) is 5.29. The Balaban J connectivity index is 1.37. The lowest BCUT2D eigenvalue weighted by atomic mass is 10.1. The molecule has 136 valence electrons. The number of hydrogen-bond donors (Lipinski definition) is 3. The van der Waals surface area contributed by atoms with Gasteiger partial charge in [0.1, 0.15) is 10.8 Å². The van der Waals surface area contributed by atoms with E-state index in [1.165, 1.54) is 22.5 Å². The molecular weight excluding hydrogens is 348 g/mol. The lowest BCUT2D eigenvalue weighted by molar-refractivity contribution is 0.216. The second-order valence-corrected chi connectivity index (χ2v) is 7.36. The maximum Gasteiger partial charge on any atom is 0.320 e. The average molecular weight is 370 g/mol. The fourth-order valence-corrected chi connectivity index (χ4v) is 3.95. The fraction of sp³-hybridized carbons (Fsp3) is 0.368. The molecule has 2 aliphatic rings. The predicted octanol–water partition coefficient (Wildman–Crippen LogP) is 3.10. The first-order chi connectivity index (χ1) is 12.8. The third-order valence-corrected chi connectivity index (χ3v) is 5.48. The number of urea groups is 1. The summed E-state index contributed by atoms with van der Waals surface area (Å²) in [7, 11) is 0. The number of aromatic nitrogens is 1. The summed E-state index contributed by atoms with van der Waals surface area (Å²) in [5.41, 5.74) is 3.46. The molecule has 0 saturated carbocycles. The highest BCUT2D eigenvalue weighted by molar-refractivity contribution is 7.13. The molecule has 1 aromatic carbocycles. The Morgan fingerprint density at radius 3 is 2.85 bits per heavy atom. The van der Waals surface area contributed by atoms with Crippen molar-refractivity contribution in [3.63, 3.8) is 0 Å². The summed E-state index contributed by atoms with van der Waals surface area (Å²) in [5.74, 6) is 0.585. The molecule has 7 heteroatoms. The highest BCUT2D eigenvalue weighted by atomic mass is 32.1. The summed E-state index contributed by atoms with van der Waals surface area (Å²) >= 11 is 1.52. The van der Waals surface area contributed by atoms with Crippen LogP contribution in [0, 0.1) is 0 Å². The summed E-state index contributed by atoms with van der Waals surface area (Å²) in [5, 5.41) is 11.9. The third-order valence-electron chi connectivity index (χ3n) is 4.59. The van der Waals surface area contributed by atoms with Crippen LogP contribution in [0.2, 0.25) is 0 Å². The number of carbonyl (C=O) groups is 1. The van der Waals surface area contributed by atoms with E-state index in [-0.39, 0.29) is 12.1 Å². The molecule has 1 aromatic heterocycles. The first kappa shape index (κ1) is 17.2. The third kappa shape index (κ3) is 4.12. The number of hydrogen-bond acceptors (Lipinski definition) is 5. The molecule has 26 heavy (non-hydrogen) atoms. The Hall–Kier alpha value is -2.22. The molecule has 2 amide bonds. The van der Waals surface area contributed by atoms with Crippen LogP contribution in [0.1, 0.15) is 18.4 Å². The number of nitrogens with one attached hydrogen (secondary N) is 3. The Bertz CT molecular complexity index is 794. The van der Waals surface area contributed by atoms with Gasteiger partial charge in [-0.25, -0.2) is 9.78 Å². The summed E-state index contributed by atoms with van der Waals surface area (Å²) in [6.07, 6.45) is 4.21. The number of carbonyl (C=O) groups excluding carboxylic acids is 1. The maximum absolute atomic E-state index is 12.1. The number of thiazole rings is 1. The number of anilines is 1. The molecule has 3 heterocycles. The van der Waals surface area contributed by atoms with Crippen molar-refractivity contribution in [3.8, 4) is 10.6 Å². The number of ether oxygens (including phenoxy) is 1. The minimum absolute atomic E-state index is 0.184. The van der Waals surface area contributed by atoms with Crippen LogP contribution >= 0.6 is 11.3 Å². The Labute approximate surface area is 156 Å². The molecule has 0 radical (unpaired) electrons. The van der Waals surface area contributed by atoms with Gasteiger partial charge in [0.2, 0.25) is 0 Å². The number of nitrogens with zero attached hydrogens (tertiary/aromatic N) is 1. The van der Waals surface area contributed by atoms with Crippen molar-refractivity contribution < 1.29 is 9.53 Å². The van der Waals surface area contributed by atoms with Gasteiger partial charge in [0.25, 0.3) is 0 Å². The van der Waals surface area contributed by atoms with Gasteiger partial charge in [0, 0.05) is 23.5 Å². The molecule has 1 saturated heterocycles. The highest BCUT2D eigenvalue weighted by Gasteiger charge is 2.16. The Morgan fingerprint density at radius 2 is 2.12 bits per heavy atom. The zero-order valence-electron chi connectivity index (χ0n) is 14.5.